The molecule has 0 aliphatic rings. The molecule has 0 atom stereocenters. The van der Waals surface area contributed by atoms with E-state index in [2.05, 4.69) is 5.32 Å². The Balaban J connectivity index is 2.28. The van der Waals surface area contributed by atoms with E-state index in [1.54, 1.807) is 31.3 Å². The predicted octanol–water partition coefficient (Wildman–Crippen LogP) is 4.26. The fraction of sp³-hybridized carbons (Fsp3) is 0.350. The first-order chi connectivity index (χ1) is 13.0. The number of anilines is 2. The van der Waals surface area contributed by atoms with Gasteiger partial charge in [-0.3, -0.25) is 4.90 Å². The van der Waals surface area contributed by atoms with Crippen molar-refractivity contribution in [1.29, 1.82) is 0 Å². The molecule has 0 spiro atoms. The molecule has 0 aromatic heterocycles. The molecule has 0 unspecified atom stereocenters. The highest BCUT2D eigenvalue weighted by atomic mass is 16.5. The maximum absolute atomic E-state index is 12.6. The Kier molecular flexibility index (Phi) is 7.16. The Hall–Kier alpha value is -3.09. The Morgan fingerprint density at radius 2 is 1.48 bits per heavy atom. The summed E-state index contributed by atoms with van der Waals surface area (Å²) < 4.78 is 17.0. The zero-order valence-corrected chi connectivity index (χ0v) is 16.1. The van der Waals surface area contributed by atoms with Gasteiger partial charge in [0.2, 0.25) is 5.75 Å². The fourth-order valence-corrected chi connectivity index (χ4v) is 2.46. The van der Waals surface area contributed by atoms with Gasteiger partial charge in [-0.2, -0.15) is 0 Å². The minimum absolute atomic E-state index is 0.141. The number of carbonyl (C=O) groups excluding carboxylic acids is 1. The number of phenolic OH excluding ortho intramolecular Hbond substituents is 1. The molecule has 7 heteroatoms. The van der Waals surface area contributed by atoms with E-state index in [1.165, 1.54) is 17.0 Å². The third-order valence-corrected chi connectivity index (χ3v) is 3.70. The Bertz CT molecular complexity index is 734. The summed E-state index contributed by atoms with van der Waals surface area (Å²) in [4.78, 5) is 14.0. The molecule has 0 radical (unpaired) electrons. The lowest BCUT2D eigenvalue weighted by Gasteiger charge is -2.20. The van der Waals surface area contributed by atoms with E-state index < -0.39 is 0 Å². The van der Waals surface area contributed by atoms with Gasteiger partial charge in [0.15, 0.2) is 11.5 Å². The van der Waals surface area contributed by atoms with Gasteiger partial charge in [0.25, 0.3) is 0 Å². The molecule has 0 heterocycles. The summed E-state index contributed by atoms with van der Waals surface area (Å²) in [6, 6.07) is 9.44. The first-order valence-electron chi connectivity index (χ1n) is 8.90. The molecule has 0 saturated carbocycles. The topological polar surface area (TPSA) is 80.3 Å². The second kappa shape index (κ2) is 9.56. The number of aromatic hydroxyl groups is 1. The van der Waals surface area contributed by atoms with Crippen LogP contribution in [0.1, 0.15) is 20.8 Å². The molecule has 2 N–H and O–H groups in total. The summed E-state index contributed by atoms with van der Waals surface area (Å²) in [5.74, 6) is 1.67. The molecule has 0 bridgehead atoms. The van der Waals surface area contributed by atoms with Crippen molar-refractivity contribution in [1.82, 2.24) is 0 Å². The van der Waals surface area contributed by atoms with Crippen LogP contribution >= 0.6 is 0 Å². The van der Waals surface area contributed by atoms with Gasteiger partial charge >= 0.3 is 6.03 Å². The number of benzene rings is 2. The van der Waals surface area contributed by atoms with Crippen molar-refractivity contribution >= 4 is 17.4 Å². The highest BCUT2D eigenvalue weighted by Gasteiger charge is 2.18. The van der Waals surface area contributed by atoms with Crippen molar-refractivity contribution in [2.24, 2.45) is 0 Å². The van der Waals surface area contributed by atoms with Crippen LogP contribution in [0.3, 0.4) is 0 Å². The normalized spacial score (nSPS) is 10.2. The van der Waals surface area contributed by atoms with Gasteiger partial charge in [0.05, 0.1) is 25.5 Å². The number of amides is 2. The van der Waals surface area contributed by atoms with E-state index in [4.69, 9.17) is 14.2 Å². The lowest BCUT2D eigenvalue weighted by molar-refractivity contribution is 0.257. The number of nitrogens with zero attached hydrogens (tertiary/aromatic N) is 1. The molecule has 2 aromatic rings. The second-order valence-corrected chi connectivity index (χ2v) is 5.61. The van der Waals surface area contributed by atoms with Crippen LogP contribution in [-0.2, 0) is 0 Å². The SMILES string of the molecule is CCOc1cc(NC(=O)N(C)c2ccc(O)cc2)cc(OCC)c1OCC. The van der Waals surface area contributed by atoms with Crippen LogP contribution in [0.15, 0.2) is 36.4 Å². The zero-order valence-electron chi connectivity index (χ0n) is 16.1. The van der Waals surface area contributed by atoms with Crippen LogP contribution in [0.25, 0.3) is 0 Å². The van der Waals surface area contributed by atoms with E-state index in [9.17, 15) is 9.90 Å². The third-order valence-electron chi connectivity index (χ3n) is 3.70. The minimum Gasteiger partial charge on any atom is -0.508 e. The van der Waals surface area contributed by atoms with Crippen LogP contribution in [-0.4, -0.2) is 38.0 Å². The largest absolute Gasteiger partial charge is 0.508 e. The molecule has 2 amide bonds. The van der Waals surface area contributed by atoms with E-state index in [0.717, 1.165) is 0 Å². The van der Waals surface area contributed by atoms with Gasteiger partial charge in [-0.25, -0.2) is 4.79 Å². The average Bonchev–Trinajstić information content (AvgIpc) is 2.65. The van der Waals surface area contributed by atoms with Gasteiger partial charge in [-0.1, -0.05) is 0 Å². The average molecular weight is 374 g/mol. The van der Waals surface area contributed by atoms with Crippen LogP contribution in [0.4, 0.5) is 16.2 Å². The molecule has 2 rings (SSSR count). The zero-order chi connectivity index (χ0) is 19.8. The Labute approximate surface area is 159 Å². The van der Waals surface area contributed by atoms with Gasteiger partial charge in [-0.15, -0.1) is 0 Å². The third kappa shape index (κ3) is 5.20. The molecule has 27 heavy (non-hydrogen) atoms. The fourth-order valence-electron chi connectivity index (χ4n) is 2.46. The number of carbonyl (C=O) groups is 1. The molecule has 0 aliphatic carbocycles. The van der Waals surface area contributed by atoms with E-state index in [-0.39, 0.29) is 11.8 Å². The molecular formula is C20H26N2O5. The van der Waals surface area contributed by atoms with Crippen molar-refractivity contribution < 1.29 is 24.1 Å². The van der Waals surface area contributed by atoms with E-state index in [0.29, 0.717) is 48.4 Å². The number of hydrogen-bond acceptors (Lipinski definition) is 5. The summed E-state index contributed by atoms with van der Waals surface area (Å²) in [7, 11) is 1.64. The highest BCUT2D eigenvalue weighted by molar-refractivity contribution is 6.01. The van der Waals surface area contributed by atoms with Crippen LogP contribution in [0.5, 0.6) is 23.0 Å². The monoisotopic (exact) mass is 374 g/mol. The number of ether oxygens (including phenoxy) is 3. The summed E-state index contributed by atoms with van der Waals surface area (Å²) in [6.07, 6.45) is 0. The number of phenols is 1. The van der Waals surface area contributed by atoms with Gasteiger partial charge in [0.1, 0.15) is 5.75 Å². The van der Waals surface area contributed by atoms with Gasteiger partial charge < -0.3 is 24.6 Å². The standard InChI is InChI=1S/C20H26N2O5/c1-5-25-17-12-14(13-18(26-6-2)19(17)27-7-3)21-20(24)22(4)15-8-10-16(23)11-9-15/h8-13,23H,5-7H2,1-4H3,(H,21,24). The molecule has 0 saturated heterocycles. The summed E-state index contributed by atoms with van der Waals surface area (Å²) >= 11 is 0. The molecule has 7 nitrogen and oxygen atoms in total. The molecular weight excluding hydrogens is 348 g/mol. The maximum Gasteiger partial charge on any atom is 0.326 e. The van der Waals surface area contributed by atoms with Crippen molar-refractivity contribution in [2.45, 2.75) is 20.8 Å². The lowest BCUT2D eigenvalue weighted by Crippen LogP contribution is -2.31. The summed E-state index contributed by atoms with van der Waals surface area (Å²) in [5.41, 5.74) is 1.17. The van der Waals surface area contributed by atoms with Crippen molar-refractivity contribution in [2.75, 3.05) is 37.1 Å². The number of hydrogen-bond donors (Lipinski definition) is 2. The van der Waals surface area contributed by atoms with Gasteiger partial charge in [0, 0.05) is 24.9 Å². The molecule has 0 aliphatic heterocycles. The van der Waals surface area contributed by atoms with Crippen molar-refractivity contribution in [3.63, 3.8) is 0 Å². The quantitative estimate of drug-likeness (QED) is 0.722. The Morgan fingerprint density at radius 3 is 1.96 bits per heavy atom. The van der Waals surface area contributed by atoms with Crippen molar-refractivity contribution in [3.05, 3.63) is 36.4 Å². The minimum atomic E-state index is -0.338. The first kappa shape index (κ1) is 20.2. The Morgan fingerprint density at radius 1 is 0.963 bits per heavy atom. The smallest absolute Gasteiger partial charge is 0.326 e. The molecule has 2 aromatic carbocycles. The lowest BCUT2D eigenvalue weighted by atomic mass is 10.2. The van der Waals surface area contributed by atoms with Gasteiger partial charge in [-0.05, 0) is 45.0 Å². The van der Waals surface area contributed by atoms with E-state index >= 15 is 0 Å². The summed E-state index contributed by atoms with van der Waals surface area (Å²) in [5, 5.41) is 12.2. The predicted molar refractivity (Wildman–Crippen MR) is 105 cm³/mol. The van der Waals surface area contributed by atoms with Crippen LogP contribution in [0, 0.1) is 0 Å². The van der Waals surface area contributed by atoms with Crippen LogP contribution < -0.4 is 24.4 Å². The van der Waals surface area contributed by atoms with Crippen LogP contribution in [0.2, 0.25) is 0 Å². The highest BCUT2D eigenvalue weighted by Crippen LogP contribution is 2.41. The first-order valence-corrected chi connectivity index (χ1v) is 8.90. The second-order valence-electron chi connectivity index (χ2n) is 5.61. The molecule has 0 fully saturated rings. The number of rotatable bonds is 8. The maximum atomic E-state index is 12.6. The number of urea groups is 1. The van der Waals surface area contributed by atoms with E-state index in [1.807, 2.05) is 20.8 Å². The molecule has 146 valence electrons. The number of nitrogens with one attached hydrogen (secondary N) is 1. The van der Waals surface area contributed by atoms with Crippen molar-refractivity contribution in [3.8, 4) is 23.0 Å². The summed E-state index contributed by atoms with van der Waals surface area (Å²) in [6.45, 7) is 7.01.